The summed E-state index contributed by atoms with van der Waals surface area (Å²) in [4.78, 5) is 22.4. The second-order valence-electron chi connectivity index (χ2n) is 4.84. The third-order valence-corrected chi connectivity index (χ3v) is 4.41. The van der Waals surface area contributed by atoms with E-state index >= 15 is 0 Å². The summed E-state index contributed by atoms with van der Waals surface area (Å²) in [5, 5.41) is 23.0. The van der Waals surface area contributed by atoms with E-state index in [1.165, 1.54) is 24.3 Å². The standard InChI is InChI=1S/C15H8Br2N2O5/c16-9-3-7(4-10(17)14(9)20)5-13-15(21)18-11-6-8(19(22)23)1-2-12(11)24-13/h1-6,20H,(H,18,21)/b13-5-. The third-order valence-electron chi connectivity index (χ3n) is 3.20. The first-order chi connectivity index (χ1) is 11.3. The Bertz CT molecular complexity index is 888. The number of nitro benzene ring substituents is 1. The number of carbonyl (C=O) groups excluding carboxylic acids is 1. The average molecular weight is 456 g/mol. The monoisotopic (exact) mass is 454 g/mol. The van der Waals surface area contributed by atoms with Crippen molar-refractivity contribution < 1.29 is 19.6 Å². The molecule has 0 fully saturated rings. The van der Waals surface area contributed by atoms with Crippen molar-refractivity contribution in [2.75, 3.05) is 5.32 Å². The number of nitro groups is 1. The van der Waals surface area contributed by atoms with Crippen molar-refractivity contribution in [3.05, 3.63) is 60.7 Å². The molecule has 122 valence electrons. The van der Waals surface area contributed by atoms with E-state index in [1.807, 2.05) is 0 Å². The van der Waals surface area contributed by atoms with E-state index in [-0.39, 0.29) is 22.9 Å². The first-order valence-electron chi connectivity index (χ1n) is 6.52. The van der Waals surface area contributed by atoms with Gasteiger partial charge in [-0.1, -0.05) is 0 Å². The highest BCUT2D eigenvalue weighted by Gasteiger charge is 2.24. The van der Waals surface area contributed by atoms with Crippen LogP contribution >= 0.6 is 31.9 Å². The van der Waals surface area contributed by atoms with Crippen LogP contribution in [0.15, 0.2) is 45.0 Å². The van der Waals surface area contributed by atoms with Gasteiger partial charge < -0.3 is 15.2 Å². The van der Waals surface area contributed by atoms with Crippen molar-refractivity contribution in [3.63, 3.8) is 0 Å². The number of nitrogens with one attached hydrogen (secondary N) is 1. The summed E-state index contributed by atoms with van der Waals surface area (Å²) >= 11 is 6.42. The van der Waals surface area contributed by atoms with Crippen LogP contribution in [-0.4, -0.2) is 15.9 Å². The van der Waals surface area contributed by atoms with Crippen LogP contribution in [0.3, 0.4) is 0 Å². The van der Waals surface area contributed by atoms with E-state index in [9.17, 15) is 20.0 Å². The molecule has 0 saturated carbocycles. The highest BCUT2D eigenvalue weighted by Crippen LogP contribution is 2.36. The number of aromatic hydroxyl groups is 1. The predicted octanol–water partition coefficient (Wildman–Crippen LogP) is 4.20. The molecule has 7 nitrogen and oxygen atoms in total. The fraction of sp³-hybridized carbons (Fsp3) is 0. The number of halogens is 2. The number of carbonyl (C=O) groups is 1. The Balaban J connectivity index is 1.97. The Kier molecular flexibility index (Phi) is 4.29. The van der Waals surface area contributed by atoms with Crippen LogP contribution in [0.4, 0.5) is 11.4 Å². The van der Waals surface area contributed by atoms with E-state index in [1.54, 1.807) is 12.1 Å². The molecular weight excluding hydrogens is 448 g/mol. The number of non-ortho nitro benzene ring substituents is 1. The summed E-state index contributed by atoms with van der Waals surface area (Å²) in [5.74, 6) is -0.142. The zero-order chi connectivity index (χ0) is 17.4. The van der Waals surface area contributed by atoms with Gasteiger partial charge in [-0.2, -0.15) is 0 Å². The van der Waals surface area contributed by atoms with Crippen LogP contribution in [0.25, 0.3) is 6.08 Å². The number of anilines is 1. The van der Waals surface area contributed by atoms with Gasteiger partial charge in [0.2, 0.25) is 0 Å². The fourth-order valence-corrected chi connectivity index (χ4v) is 3.30. The summed E-state index contributed by atoms with van der Waals surface area (Å²) in [5.41, 5.74) is 0.706. The lowest BCUT2D eigenvalue weighted by atomic mass is 10.1. The lowest BCUT2D eigenvalue weighted by molar-refractivity contribution is -0.384. The molecule has 0 spiro atoms. The second-order valence-corrected chi connectivity index (χ2v) is 6.54. The number of nitrogens with zero attached hydrogens (tertiary/aromatic N) is 1. The molecule has 0 aliphatic carbocycles. The molecule has 3 rings (SSSR count). The largest absolute Gasteiger partial charge is 0.506 e. The van der Waals surface area contributed by atoms with Crippen LogP contribution in [0.5, 0.6) is 11.5 Å². The van der Waals surface area contributed by atoms with E-state index < -0.39 is 10.8 Å². The molecule has 0 atom stereocenters. The van der Waals surface area contributed by atoms with Gasteiger partial charge in [-0.3, -0.25) is 14.9 Å². The number of rotatable bonds is 2. The number of phenols is 1. The van der Waals surface area contributed by atoms with Crippen molar-refractivity contribution in [2.24, 2.45) is 0 Å². The molecule has 1 amide bonds. The molecule has 24 heavy (non-hydrogen) atoms. The normalized spacial score (nSPS) is 14.8. The lowest BCUT2D eigenvalue weighted by Crippen LogP contribution is -2.23. The number of amides is 1. The molecule has 0 aromatic heterocycles. The van der Waals surface area contributed by atoms with Crippen molar-refractivity contribution in [3.8, 4) is 11.5 Å². The van der Waals surface area contributed by atoms with Crippen molar-refractivity contribution in [2.45, 2.75) is 0 Å². The second kappa shape index (κ2) is 6.25. The number of hydrogen-bond acceptors (Lipinski definition) is 5. The molecule has 0 radical (unpaired) electrons. The van der Waals surface area contributed by atoms with Crippen LogP contribution in [-0.2, 0) is 4.79 Å². The summed E-state index contributed by atoms with van der Waals surface area (Å²) in [7, 11) is 0. The summed E-state index contributed by atoms with van der Waals surface area (Å²) in [6.07, 6.45) is 1.49. The molecule has 0 saturated heterocycles. The van der Waals surface area contributed by atoms with Gasteiger partial charge in [0.15, 0.2) is 11.5 Å². The third kappa shape index (κ3) is 3.13. The molecule has 0 bridgehead atoms. The topological polar surface area (TPSA) is 102 Å². The minimum atomic E-state index is -0.552. The molecule has 2 aromatic rings. The van der Waals surface area contributed by atoms with Crippen LogP contribution in [0.2, 0.25) is 0 Å². The zero-order valence-electron chi connectivity index (χ0n) is 11.7. The fourth-order valence-electron chi connectivity index (χ4n) is 2.08. The van der Waals surface area contributed by atoms with Crippen molar-refractivity contribution in [1.82, 2.24) is 0 Å². The highest BCUT2D eigenvalue weighted by molar-refractivity contribution is 9.11. The Morgan fingerprint density at radius 2 is 1.88 bits per heavy atom. The van der Waals surface area contributed by atoms with E-state index in [0.29, 0.717) is 20.3 Å². The number of benzene rings is 2. The molecule has 1 aliphatic rings. The van der Waals surface area contributed by atoms with Crippen molar-refractivity contribution in [1.29, 1.82) is 0 Å². The molecule has 0 unspecified atom stereocenters. The Hall–Kier alpha value is -2.39. The van der Waals surface area contributed by atoms with E-state index in [2.05, 4.69) is 37.2 Å². The summed E-state index contributed by atoms with van der Waals surface area (Å²) in [6.45, 7) is 0. The van der Waals surface area contributed by atoms with Crippen LogP contribution in [0.1, 0.15) is 5.56 Å². The molecule has 1 aliphatic heterocycles. The van der Waals surface area contributed by atoms with Gasteiger partial charge in [0.1, 0.15) is 5.75 Å². The predicted molar refractivity (Wildman–Crippen MR) is 93.8 cm³/mol. The quantitative estimate of drug-likeness (QED) is 0.401. The first kappa shape index (κ1) is 16.5. The number of fused-ring (bicyclic) bond motifs is 1. The average Bonchev–Trinajstić information content (AvgIpc) is 2.52. The van der Waals surface area contributed by atoms with Crippen molar-refractivity contribution >= 4 is 55.2 Å². The summed E-state index contributed by atoms with van der Waals surface area (Å²) < 4.78 is 6.44. The minimum absolute atomic E-state index is 0.0286. The van der Waals surface area contributed by atoms with Gasteiger partial charge >= 0.3 is 0 Å². The van der Waals surface area contributed by atoms with Gasteiger partial charge in [-0.05, 0) is 61.7 Å². The van der Waals surface area contributed by atoms with E-state index in [4.69, 9.17) is 4.74 Å². The zero-order valence-corrected chi connectivity index (χ0v) is 14.9. The number of ether oxygens (including phenoxy) is 1. The Morgan fingerprint density at radius 3 is 2.50 bits per heavy atom. The van der Waals surface area contributed by atoms with E-state index in [0.717, 1.165) is 0 Å². The van der Waals surface area contributed by atoms with Gasteiger partial charge in [0.25, 0.3) is 11.6 Å². The van der Waals surface area contributed by atoms with Gasteiger partial charge in [-0.25, -0.2) is 0 Å². The van der Waals surface area contributed by atoms with Gasteiger partial charge in [-0.15, -0.1) is 0 Å². The molecule has 2 aromatic carbocycles. The highest BCUT2D eigenvalue weighted by atomic mass is 79.9. The molecule has 2 N–H and O–H groups in total. The van der Waals surface area contributed by atoms with Crippen LogP contribution in [0, 0.1) is 10.1 Å². The van der Waals surface area contributed by atoms with Gasteiger partial charge in [0, 0.05) is 12.1 Å². The Labute approximate surface area is 152 Å². The minimum Gasteiger partial charge on any atom is -0.506 e. The SMILES string of the molecule is O=C1Nc2cc([N+](=O)[O-])ccc2O/C1=C\c1cc(Br)c(O)c(Br)c1. The lowest BCUT2D eigenvalue weighted by Gasteiger charge is -2.19. The molecular formula is C15H8Br2N2O5. The maximum absolute atomic E-state index is 12.1. The Morgan fingerprint density at radius 1 is 1.21 bits per heavy atom. The first-order valence-corrected chi connectivity index (χ1v) is 8.11. The smallest absolute Gasteiger partial charge is 0.291 e. The van der Waals surface area contributed by atoms with Crippen LogP contribution < -0.4 is 10.1 Å². The number of hydrogen-bond donors (Lipinski definition) is 2. The molecule has 9 heteroatoms. The maximum Gasteiger partial charge on any atom is 0.291 e. The van der Waals surface area contributed by atoms with Gasteiger partial charge in [0.05, 0.1) is 19.6 Å². The summed E-state index contributed by atoms with van der Waals surface area (Å²) in [6, 6.07) is 7.19. The number of phenolic OH excluding ortho intramolecular Hbond substituents is 1. The maximum atomic E-state index is 12.1. The molecule has 1 heterocycles.